The van der Waals surface area contributed by atoms with Gasteiger partial charge in [-0.25, -0.2) is 0 Å². The summed E-state index contributed by atoms with van der Waals surface area (Å²) in [5.74, 6) is -0.487. The van der Waals surface area contributed by atoms with Gasteiger partial charge in [-0.05, 0) is 23.7 Å². The predicted molar refractivity (Wildman–Crippen MR) is 54.9 cm³/mol. The fourth-order valence-electron chi connectivity index (χ4n) is 3.28. The van der Waals surface area contributed by atoms with Crippen molar-refractivity contribution < 1.29 is 17.8 Å². The molecule has 2 rings (SSSR count). The Kier molecular flexibility index (Phi) is 2.09. The number of Topliss-reactive ketones (excluding diaryl/α,β-unsaturated/α-hetero) is 1. The van der Waals surface area contributed by atoms with Crippen molar-refractivity contribution in [1.29, 1.82) is 0 Å². The summed E-state index contributed by atoms with van der Waals surface area (Å²) in [5, 5.41) is -1.17. The fourth-order valence-corrected chi connectivity index (χ4v) is 4.62. The Labute approximate surface area is 89.8 Å². The third-order valence-electron chi connectivity index (χ3n) is 4.57. The van der Waals surface area contributed by atoms with Gasteiger partial charge in [0.15, 0.2) is 5.78 Å². The molecule has 0 heterocycles. The molecule has 0 amide bonds. The summed E-state index contributed by atoms with van der Waals surface area (Å²) < 4.78 is 31.4. The zero-order chi connectivity index (χ0) is 11.6. The minimum Gasteiger partial charge on any atom is -0.298 e. The second-order valence-electron chi connectivity index (χ2n) is 5.40. The monoisotopic (exact) mass is 232 g/mol. The molecule has 0 aliphatic heterocycles. The quantitative estimate of drug-likeness (QED) is 0.688. The number of carbonyl (C=O) groups is 1. The molecule has 4 atom stereocenters. The van der Waals surface area contributed by atoms with Crippen molar-refractivity contribution in [3.63, 3.8) is 0 Å². The summed E-state index contributed by atoms with van der Waals surface area (Å²) in [5.41, 5.74) is -0.182. The van der Waals surface area contributed by atoms with Crippen LogP contribution in [-0.4, -0.2) is 24.0 Å². The predicted octanol–water partition coefficient (Wildman–Crippen LogP) is 1.12. The number of rotatable bonds is 1. The first-order chi connectivity index (χ1) is 6.67. The largest absolute Gasteiger partial charge is 0.298 e. The molecule has 0 spiro atoms. The molecule has 0 radical (unpaired) electrons. The van der Waals surface area contributed by atoms with Gasteiger partial charge in [-0.3, -0.25) is 9.35 Å². The molecule has 4 nitrogen and oxygen atoms in total. The van der Waals surface area contributed by atoms with E-state index >= 15 is 0 Å². The van der Waals surface area contributed by atoms with Gasteiger partial charge in [0.2, 0.25) is 0 Å². The maximum absolute atomic E-state index is 11.8. The molecule has 0 aromatic rings. The number of carbonyl (C=O) groups excluding carboxylic acids is 1. The highest BCUT2D eigenvalue weighted by Gasteiger charge is 2.63. The maximum Gasteiger partial charge on any atom is 0.275 e. The van der Waals surface area contributed by atoms with Crippen LogP contribution in [0.3, 0.4) is 0 Å². The van der Waals surface area contributed by atoms with Gasteiger partial charge in [0, 0.05) is 5.92 Å². The average Bonchev–Trinajstić information content (AvgIpc) is 2.48. The standard InChI is InChI=1S/C10H16O4S/c1-5-6-4-7(10(5,2)3)9(8(6)11)15(12,13)14/h5-7,9H,4H2,1-3H3,(H,12,13,14)/t5-,6+,7+,9-/m1/s1. The van der Waals surface area contributed by atoms with Crippen LogP contribution in [0.1, 0.15) is 27.2 Å². The lowest BCUT2D eigenvalue weighted by atomic mass is 9.69. The summed E-state index contributed by atoms with van der Waals surface area (Å²) >= 11 is 0. The summed E-state index contributed by atoms with van der Waals surface area (Å²) in [6.45, 7) is 5.95. The normalized spacial score (nSPS) is 43.6. The lowest BCUT2D eigenvalue weighted by Crippen LogP contribution is -2.46. The van der Waals surface area contributed by atoms with E-state index in [0.29, 0.717) is 6.42 Å². The smallest absolute Gasteiger partial charge is 0.275 e. The topological polar surface area (TPSA) is 71.4 Å². The van der Waals surface area contributed by atoms with E-state index in [1.54, 1.807) is 0 Å². The molecule has 1 N–H and O–H groups in total. The van der Waals surface area contributed by atoms with Gasteiger partial charge in [-0.2, -0.15) is 8.42 Å². The third-order valence-corrected chi connectivity index (χ3v) is 5.78. The molecule has 0 aromatic carbocycles. The first-order valence-corrected chi connectivity index (χ1v) is 6.67. The highest BCUT2D eigenvalue weighted by Crippen LogP contribution is 2.58. The second kappa shape index (κ2) is 2.83. The Bertz CT molecular complexity index is 409. The molecule has 2 aliphatic carbocycles. The van der Waals surface area contributed by atoms with Gasteiger partial charge in [0.05, 0.1) is 0 Å². The van der Waals surface area contributed by atoms with Gasteiger partial charge in [0.1, 0.15) is 5.25 Å². The highest BCUT2D eigenvalue weighted by atomic mass is 32.2. The van der Waals surface area contributed by atoms with Crippen molar-refractivity contribution in [3.05, 3.63) is 0 Å². The molecule has 0 unspecified atom stereocenters. The van der Waals surface area contributed by atoms with Crippen molar-refractivity contribution in [2.45, 2.75) is 32.4 Å². The van der Waals surface area contributed by atoms with Crippen LogP contribution >= 0.6 is 0 Å². The molecular weight excluding hydrogens is 216 g/mol. The van der Waals surface area contributed by atoms with Gasteiger partial charge >= 0.3 is 0 Å². The average molecular weight is 232 g/mol. The Morgan fingerprint density at radius 3 is 2.33 bits per heavy atom. The van der Waals surface area contributed by atoms with Crippen LogP contribution in [-0.2, 0) is 14.9 Å². The SMILES string of the molecule is C[C@@H]1[C@@H]2C[C@@H]([C@@H](S(=O)(=O)O)C2=O)C1(C)C. The lowest BCUT2D eigenvalue weighted by Gasteiger charge is -2.38. The third kappa shape index (κ3) is 1.29. The second-order valence-corrected chi connectivity index (χ2v) is 6.93. The minimum atomic E-state index is -4.23. The summed E-state index contributed by atoms with van der Waals surface area (Å²) in [4.78, 5) is 11.8. The van der Waals surface area contributed by atoms with Crippen LogP contribution in [0.2, 0.25) is 0 Å². The summed E-state index contributed by atoms with van der Waals surface area (Å²) in [7, 11) is -4.23. The Hall–Kier alpha value is -0.420. The van der Waals surface area contributed by atoms with E-state index in [-0.39, 0.29) is 29.0 Å². The van der Waals surface area contributed by atoms with E-state index in [1.807, 2.05) is 20.8 Å². The molecular formula is C10H16O4S. The van der Waals surface area contributed by atoms with Crippen LogP contribution in [0.25, 0.3) is 0 Å². The molecule has 2 fully saturated rings. The fraction of sp³-hybridized carbons (Fsp3) is 0.900. The van der Waals surface area contributed by atoms with E-state index < -0.39 is 15.4 Å². The Morgan fingerprint density at radius 2 is 1.93 bits per heavy atom. The van der Waals surface area contributed by atoms with Crippen molar-refractivity contribution in [2.75, 3.05) is 0 Å². The Morgan fingerprint density at radius 1 is 1.40 bits per heavy atom. The molecule has 0 aromatic heterocycles. The summed E-state index contributed by atoms with van der Waals surface area (Å²) in [6, 6.07) is 0. The van der Waals surface area contributed by atoms with E-state index in [9.17, 15) is 13.2 Å². The zero-order valence-electron chi connectivity index (χ0n) is 9.10. The van der Waals surface area contributed by atoms with E-state index in [1.165, 1.54) is 0 Å². The summed E-state index contributed by atoms with van der Waals surface area (Å²) in [6.07, 6.45) is 0.609. The van der Waals surface area contributed by atoms with Gasteiger partial charge in [0.25, 0.3) is 10.1 Å². The van der Waals surface area contributed by atoms with Gasteiger partial charge < -0.3 is 0 Å². The van der Waals surface area contributed by atoms with Gasteiger partial charge in [-0.15, -0.1) is 0 Å². The van der Waals surface area contributed by atoms with Crippen LogP contribution in [0, 0.1) is 23.2 Å². The van der Waals surface area contributed by atoms with E-state index in [4.69, 9.17) is 4.55 Å². The minimum absolute atomic E-state index is 0.182. The number of hydrogen-bond donors (Lipinski definition) is 1. The van der Waals surface area contributed by atoms with E-state index in [0.717, 1.165) is 0 Å². The number of fused-ring (bicyclic) bond motifs is 2. The molecule has 2 saturated carbocycles. The van der Waals surface area contributed by atoms with Crippen molar-refractivity contribution in [1.82, 2.24) is 0 Å². The maximum atomic E-state index is 11.8. The Balaban J connectivity index is 2.46. The van der Waals surface area contributed by atoms with Crippen LogP contribution < -0.4 is 0 Å². The van der Waals surface area contributed by atoms with E-state index in [2.05, 4.69) is 0 Å². The zero-order valence-corrected chi connectivity index (χ0v) is 9.91. The van der Waals surface area contributed by atoms with Crippen molar-refractivity contribution in [3.8, 4) is 0 Å². The number of ketones is 1. The van der Waals surface area contributed by atoms with Crippen LogP contribution in [0.4, 0.5) is 0 Å². The molecule has 5 heteroatoms. The highest BCUT2D eigenvalue weighted by molar-refractivity contribution is 7.87. The molecule has 2 aliphatic rings. The number of hydrogen-bond acceptors (Lipinski definition) is 3. The molecule has 0 saturated heterocycles. The lowest BCUT2D eigenvalue weighted by molar-refractivity contribution is -0.125. The van der Waals surface area contributed by atoms with Crippen LogP contribution in [0.5, 0.6) is 0 Å². The van der Waals surface area contributed by atoms with Crippen LogP contribution in [0.15, 0.2) is 0 Å². The molecule has 86 valence electrons. The van der Waals surface area contributed by atoms with Crippen molar-refractivity contribution >= 4 is 15.9 Å². The van der Waals surface area contributed by atoms with Crippen molar-refractivity contribution in [2.24, 2.45) is 23.2 Å². The molecule has 2 bridgehead atoms. The first kappa shape index (κ1) is 11.1. The molecule has 15 heavy (non-hydrogen) atoms. The van der Waals surface area contributed by atoms with Gasteiger partial charge in [-0.1, -0.05) is 20.8 Å². The first-order valence-electron chi connectivity index (χ1n) is 5.17.